The van der Waals surface area contributed by atoms with Crippen molar-refractivity contribution in [3.63, 3.8) is 0 Å². The van der Waals surface area contributed by atoms with Crippen LogP contribution >= 0.6 is 11.8 Å². The molecule has 1 aromatic carbocycles. The van der Waals surface area contributed by atoms with E-state index in [4.69, 9.17) is 0 Å². The lowest BCUT2D eigenvalue weighted by molar-refractivity contribution is -0.138. The quantitative estimate of drug-likeness (QED) is 0.757. The summed E-state index contributed by atoms with van der Waals surface area (Å²) in [4.78, 5) is 16.4. The molecule has 0 radical (unpaired) electrons. The number of carboxylic acid groups (broad SMARTS) is 1. The molecule has 0 unspecified atom stereocenters. The minimum Gasteiger partial charge on any atom is -0.480 e. The van der Waals surface area contributed by atoms with Crippen LogP contribution in [0.5, 0.6) is 0 Å². The highest BCUT2D eigenvalue weighted by Gasteiger charge is 2.41. The molecule has 2 aromatic rings. The lowest BCUT2D eigenvalue weighted by Crippen LogP contribution is -2.27. The van der Waals surface area contributed by atoms with E-state index in [0.29, 0.717) is 0 Å². The summed E-state index contributed by atoms with van der Waals surface area (Å²) in [5.74, 6) is -0.850. The molecule has 2 N–H and O–H groups in total. The molecule has 1 aromatic heterocycles. The molecule has 0 aliphatic heterocycles. The predicted octanol–water partition coefficient (Wildman–Crippen LogP) is 4.71. The Morgan fingerprint density at radius 3 is 2.28 bits per heavy atom. The molecule has 1 aliphatic carbocycles. The van der Waals surface area contributed by atoms with Gasteiger partial charge in [0.05, 0.1) is 5.60 Å². The van der Waals surface area contributed by atoms with Gasteiger partial charge >= 0.3 is 5.97 Å². The average molecular weight is 359 g/mol. The fourth-order valence-electron chi connectivity index (χ4n) is 2.37. The van der Waals surface area contributed by atoms with Crippen LogP contribution in [-0.2, 0) is 10.4 Å². The van der Waals surface area contributed by atoms with Crippen LogP contribution in [0.3, 0.4) is 0 Å². The standard InChI is InChI=1S/C18H19NO3S.C2H6/c1-17(2,16(20)21)23-15-7-10-19-11-14(15)12-3-5-13(6-4-12)18(22)8-9-18;1-2/h3-7,10-11,22H,8-9H2,1-2H3,(H,20,21);1-2H3. The topological polar surface area (TPSA) is 70.4 Å². The number of hydrogen-bond donors (Lipinski definition) is 2. The molecule has 1 heterocycles. The molecule has 1 fully saturated rings. The summed E-state index contributed by atoms with van der Waals surface area (Å²) in [5, 5.41) is 19.5. The van der Waals surface area contributed by atoms with E-state index < -0.39 is 16.3 Å². The first-order chi connectivity index (χ1) is 11.8. The zero-order valence-electron chi connectivity index (χ0n) is 15.1. The lowest BCUT2D eigenvalue weighted by atomic mass is 10.0. The third kappa shape index (κ3) is 4.41. The number of aromatic nitrogens is 1. The number of aliphatic hydroxyl groups is 1. The smallest absolute Gasteiger partial charge is 0.319 e. The molecule has 0 saturated heterocycles. The Morgan fingerprint density at radius 2 is 1.76 bits per heavy atom. The van der Waals surface area contributed by atoms with Crippen molar-refractivity contribution in [2.45, 2.75) is 55.8 Å². The summed E-state index contributed by atoms with van der Waals surface area (Å²) in [7, 11) is 0. The summed E-state index contributed by atoms with van der Waals surface area (Å²) < 4.78 is -0.917. The van der Waals surface area contributed by atoms with Crippen LogP contribution in [0.25, 0.3) is 11.1 Å². The molecule has 0 spiro atoms. The first-order valence-corrected chi connectivity index (χ1v) is 9.33. The fraction of sp³-hybridized carbons (Fsp3) is 0.400. The summed E-state index contributed by atoms with van der Waals surface area (Å²) in [6.07, 6.45) is 5.05. The molecule has 5 heteroatoms. The Morgan fingerprint density at radius 1 is 1.16 bits per heavy atom. The van der Waals surface area contributed by atoms with Gasteiger partial charge < -0.3 is 10.2 Å². The number of benzene rings is 1. The molecular formula is C20H25NO3S. The van der Waals surface area contributed by atoms with Crippen molar-refractivity contribution in [2.75, 3.05) is 0 Å². The van der Waals surface area contributed by atoms with Crippen LogP contribution < -0.4 is 0 Å². The first kappa shape index (κ1) is 19.5. The van der Waals surface area contributed by atoms with Crippen molar-refractivity contribution >= 4 is 17.7 Å². The van der Waals surface area contributed by atoms with E-state index in [2.05, 4.69) is 4.98 Å². The Balaban J connectivity index is 0.00000109. The van der Waals surface area contributed by atoms with Gasteiger partial charge in [0.2, 0.25) is 0 Å². The van der Waals surface area contributed by atoms with Gasteiger partial charge in [0.25, 0.3) is 0 Å². The third-order valence-corrected chi connectivity index (χ3v) is 5.38. The highest BCUT2D eigenvalue weighted by Crippen LogP contribution is 2.46. The van der Waals surface area contributed by atoms with Gasteiger partial charge in [-0.3, -0.25) is 9.78 Å². The van der Waals surface area contributed by atoms with Gasteiger partial charge in [-0.2, -0.15) is 0 Å². The van der Waals surface area contributed by atoms with Gasteiger partial charge in [0, 0.05) is 22.9 Å². The molecule has 0 bridgehead atoms. The van der Waals surface area contributed by atoms with Crippen molar-refractivity contribution < 1.29 is 15.0 Å². The maximum absolute atomic E-state index is 11.4. The van der Waals surface area contributed by atoms with Gasteiger partial charge in [0.1, 0.15) is 4.75 Å². The van der Waals surface area contributed by atoms with Crippen molar-refractivity contribution in [3.05, 3.63) is 48.3 Å². The van der Waals surface area contributed by atoms with Gasteiger partial charge in [-0.25, -0.2) is 0 Å². The predicted molar refractivity (Wildman–Crippen MR) is 102 cm³/mol. The lowest BCUT2D eigenvalue weighted by Gasteiger charge is -2.20. The Hall–Kier alpha value is -1.85. The summed E-state index contributed by atoms with van der Waals surface area (Å²) in [6, 6.07) is 9.63. The van der Waals surface area contributed by atoms with Crippen LogP contribution in [0.1, 0.15) is 46.1 Å². The van der Waals surface area contributed by atoms with E-state index in [9.17, 15) is 15.0 Å². The van der Waals surface area contributed by atoms with Crippen LogP contribution in [0.15, 0.2) is 47.6 Å². The number of carboxylic acids is 1. The van der Waals surface area contributed by atoms with Gasteiger partial charge in [-0.15, -0.1) is 11.8 Å². The second-order valence-corrected chi connectivity index (χ2v) is 8.06. The molecule has 4 nitrogen and oxygen atoms in total. The highest BCUT2D eigenvalue weighted by molar-refractivity contribution is 8.01. The zero-order valence-corrected chi connectivity index (χ0v) is 15.9. The number of rotatable bonds is 5. The molecular weight excluding hydrogens is 334 g/mol. The van der Waals surface area contributed by atoms with Crippen molar-refractivity contribution in [3.8, 4) is 11.1 Å². The van der Waals surface area contributed by atoms with E-state index >= 15 is 0 Å². The Labute approximate surface area is 153 Å². The molecule has 3 rings (SSSR count). The molecule has 0 atom stereocenters. The monoisotopic (exact) mass is 359 g/mol. The number of aliphatic carboxylic acids is 1. The molecule has 0 amide bonds. The van der Waals surface area contributed by atoms with E-state index in [0.717, 1.165) is 34.4 Å². The first-order valence-electron chi connectivity index (χ1n) is 8.52. The highest BCUT2D eigenvalue weighted by atomic mass is 32.2. The Kier molecular flexibility index (Phi) is 5.91. The molecule has 1 saturated carbocycles. The fourth-order valence-corrected chi connectivity index (χ4v) is 3.42. The second-order valence-electron chi connectivity index (χ2n) is 6.40. The maximum Gasteiger partial charge on any atom is 0.319 e. The number of nitrogens with zero attached hydrogens (tertiary/aromatic N) is 1. The summed E-state index contributed by atoms with van der Waals surface area (Å²) >= 11 is 1.31. The number of pyridine rings is 1. The van der Waals surface area contributed by atoms with Gasteiger partial charge in [0.15, 0.2) is 0 Å². The number of thioether (sulfide) groups is 1. The SMILES string of the molecule is CC.CC(C)(Sc1ccncc1-c1ccc(C2(O)CC2)cc1)C(=O)O. The van der Waals surface area contributed by atoms with Gasteiger partial charge in [-0.05, 0) is 43.9 Å². The molecule has 134 valence electrons. The minimum atomic E-state index is -0.917. The number of hydrogen-bond acceptors (Lipinski definition) is 4. The van der Waals surface area contributed by atoms with E-state index in [1.54, 1.807) is 26.2 Å². The largest absolute Gasteiger partial charge is 0.480 e. The van der Waals surface area contributed by atoms with Crippen molar-refractivity contribution in [1.82, 2.24) is 4.98 Å². The van der Waals surface area contributed by atoms with Crippen LogP contribution in [-0.4, -0.2) is 25.9 Å². The molecule has 25 heavy (non-hydrogen) atoms. The van der Waals surface area contributed by atoms with Gasteiger partial charge in [-0.1, -0.05) is 38.1 Å². The van der Waals surface area contributed by atoms with Crippen LogP contribution in [0.4, 0.5) is 0 Å². The summed E-state index contributed by atoms with van der Waals surface area (Å²) in [5.41, 5.74) is 2.16. The average Bonchev–Trinajstić information content (AvgIpc) is 3.36. The van der Waals surface area contributed by atoms with E-state index in [1.165, 1.54) is 11.8 Å². The van der Waals surface area contributed by atoms with Crippen LogP contribution in [0.2, 0.25) is 0 Å². The van der Waals surface area contributed by atoms with Crippen LogP contribution in [0, 0.1) is 0 Å². The number of carbonyl (C=O) groups is 1. The third-order valence-electron chi connectivity index (χ3n) is 4.12. The van der Waals surface area contributed by atoms with Crippen molar-refractivity contribution in [2.24, 2.45) is 0 Å². The zero-order chi connectivity index (χ0) is 18.7. The summed E-state index contributed by atoms with van der Waals surface area (Å²) in [6.45, 7) is 7.38. The minimum absolute atomic E-state index is 0.643. The van der Waals surface area contributed by atoms with E-state index in [1.807, 2.05) is 44.2 Å². The van der Waals surface area contributed by atoms with E-state index in [-0.39, 0.29) is 0 Å². The normalized spacial score (nSPS) is 15.1. The second kappa shape index (κ2) is 7.58. The Bertz CT molecular complexity index is 737. The molecule has 1 aliphatic rings. The van der Waals surface area contributed by atoms with Crippen molar-refractivity contribution in [1.29, 1.82) is 0 Å². The maximum atomic E-state index is 11.4.